The Labute approximate surface area is 107 Å². The Bertz CT molecular complexity index is 426. The van der Waals surface area contributed by atoms with Crippen LogP contribution in [0.5, 0.6) is 0 Å². The largest absolute Gasteiger partial charge is 0.481 e. The average Bonchev–Trinajstić information content (AvgIpc) is 2.82. The Morgan fingerprint density at radius 3 is 2.61 bits per heavy atom. The summed E-state index contributed by atoms with van der Waals surface area (Å²) in [7, 11) is 0. The fourth-order valence-corrected chi connectivity index (χ4v) is 1.81. The zero-order chi connectivity index (χ0) is 13.7. The predicted molar refractivity (Wildman–Crippen MR) is 68.5 cm³/mol. The van der Waals surface area contributed by atoms with Crippen molar-refractivity contribution < 1.29 is 14.7 Å². The highest BCUT2D eigenvalue weighted by atomic mass is 16.4. The second-order valence-corrected chi connectivity index (χ2v) is 4.26. The lowest BCUT2D eigenvalue weighted by molar-refractivity contribution is -0.141. The molecule has 0 saturated heterocycles. The lowest BCUT2D eigenvalue weighted by Crippen LogP contribution is -2.37. The molecule has 5 nitrogen and oxygen atoms in total. The van der Waals surface area contributed by atoms with E-state index in [0.29, 0.717) is 12.2 Å². The van der Waals surface area contributed by atoms with Crippen molar-refractivity contribution in [1.29, 1.82) is 0 Å². The quantitative estimate of drug-likeness (QED) is 0.838. The van der Waals surface area contributed by atoms with Gasteiger partial charge < -0.3 is 14.6 Å². The van der Waals surface area contributed by atoms with E-state index < -0.39 is 11.9 Å². The molecule has 0 aliphatic rings. The summed E-state index contributed by atoms with van der Waals surface area (Å²) in [6.07, 6.45) is 1.85. The number of nitrogens with zero attached hydrogens (tertiary/aromatic N) is 2. The van der Waals surface area contributed by atoms with Crippen molar-refractivity contribution in [2.75, 3.05) is 13.1 Å². The second-order valence-electron chi connectivity index (χ2n) is 4.26. The molecule has 100 valence electrons. The number of aliphatic carboxylic acids is 1. The highest BCUT2D eigenvalue weighted by molar-refractivity contribution is 5.93. The first-order valence-electron chi connectivity index (χ1n) is 6.18. The van der Waals surface area contributed by atoms with E-state index in [1.807, 2.05) is 30.7 Å². The molecule has 5 heteroatoms. The summed E-state index contributed by atoms with van der Waals surface area (Å²) in [6.45, 7) is 6.89. The molecule has 1 unspecified atom stereocenters. The molecular formula is C13H20N2O3. The number of aryl methyl sites for hydroxylation is 1. The molecule has 0 saturated carbocycles. The van der Waals surface area contributed by atoms with E-state index >= 15 is 0 Å². The molecular weight excluding hydrogens is 232 g/mol. The van der Waals surface area contributed by atoms with Gasteiger partial charge in [0.15, 0.2) is 0 Å². The van der Waals surface area contributed by atoms with Crippen LogP contribution in [0.1, 0.15) is 31.3 Å². The third-order valence-corrected chi connectivity index (χ3v) is 2.97. The van der Waals surface area contributed by atoms with Gasteiger partial charge in [0, 0.05) is 25.8 Å². The third kappa shape index (κ3) is 3.12. The fraction of sp³-hybridized carbons (Fsp3) is 0.538. The first-order chi connectivity index (χ1) is 8.51. The number of hydrogen-bond acceptors (Lipinski definition) is 2. The normalized spacial score (nSPS) is 12.2. The summed E-state index contributed by atoms with van der Waals surface area (Å²) in [5.41, 5.74) is 0.608. The zero-order valence-electron chi connectivity index (χ0n) is 11.1. The Morgan fingerprint density at radius 1 is 1.44 bits per heavy atom. The number of rotatable bonds is 6. The molecule has 0 aliphatic heterocycles. The number of aromatic nitrogens is 1. The van der Waals surface area contributed by atoms with Crippen molar-refractivity contribution in [3.8, 4) is 0 Å². The van der Waals surface area contributed by atoms with Crippen LogP contribution >= 0.6 is 0 Å². The van der Waals surface area contributed by atoms with Crippen molar-refractivity contribution in [3.63, 3.8) is 0 Å². The number of hydrogen-bond donors (Lipinski definition) is 1. The van der Waals surface area contributed by atoms with Crippen LogP contribution < -0.4 is 0 Å². The van der Waals surface area contributed by atoms with Gasteiger partial charge in [-0.25, -0.2) is 0 Å². The molecule has 1 aromatic heterocycles. The van der Waals surface area contributed by atoms with Crippen molar-refractivity contribution in [2.45, 2.75) is 27.3 Å². The third-order valence-electron chi connectivity index (χ3n) is 2.97. The maximum Gasteiger partial charge on any atom is 0.308 e. The number of carbonyl (C=O) groups excluding carboxylic acids is 1. The van der Waals surface area contributed by atoms with E-state index in [-0.39, 0.29) is 12.5 Å². The first kappa shape index (κ1) is 14.3. The lowest BCUT2D eigenvalue weighted by atomic mass is 10.1. The van der Waals surface area contributed by atoms with Gasteiger partial charge in [-0.15, -0.1) is 0 Å². The summed E-state index contributed by atoms with van der Waals surface area (Å²) in [5.74, 6) is -1.55. The van der Waals surface area contributed by atoms with E-state index in [9.17, 15) is 9.59 Å². The Morgan fingerprint density at radius 2 is 2.11 bits per heavy atom. The Balaban J connectivity index is 2.83. The van der Waals surface area contributed by atoms with Gasteiger partial charge in [-0.1, -0.05) is 6.92 Å². The first-order valence-corrected chi connectivity index (χ1v) is 6.18. The summed E-state index contributed by atoms with van der Waals surface area (Å²) < 4.78 is 1.86. The van der Waals surface area contributed by atoms with E-state index in [1.54, 1.807) is 17.9 Å². The van der Waals surface area contributed by atoms with Gasteiger partial charge in [-0.05, 0) is 26.0 Å². The second kappa shape index (κ2) is 6.23. The minimum absolute atomic E-state index is 0.113. The Hall–Kier alpha value is -1.78. The Kier molecular flexibility index (Phi) is 4.95. The molecule has 18 heavy (non-hydrogen) atoms. The van der Waals surface area contributed by atoms with Crippen LogP contribution in [0.25, 0.3) is 0 Å². The van der Waals surface area contributed by atoms with Gasteiger partial charge in [0.05, 0.1) is 5.92 Å². The van der Waals surface area contributed by atoms with Crippen LogP contribution in [0.2, 0.25) is 0 Å². The summed E-state index contributed by atoms with van der Waals surface area (Å²) in [4.78, 5) is 24.7. The minimum atomic E-state index is -0.882. The maximum absolute atomic E-state index is 12.3. The van der Waals surface area contributed by atoms with Crippen molar-refractivity contribution in [1.82, 2.24) is 9.47 Å². The van der Waals surface area contributed by atoms with Crippen LogP contribution in [0, 0.1) is 5.92 Å². The van der Waals surface area contributed by atoms with Crippen LogP contribution in [0.4, 0.5) is 0 Å². The summed E-state index contributed by atoms with van der Waals surface area (Å²) in [6, 6.07) is 3.59. The zero-order valence-corrected chi connectivity index (χ0v) is 11.1. The number of carboxylic acid groups (broad SMARTS) is 1. The van der Waals surface area contributed by atoms with E-state index in [1.165, 1.54) is 0 Å². The van der Waals surface area contributed by atoms with E-state index in [4.69, 9.17) is 5.11 Å². The van der Waals surface area contributed by atoms with Gasteiger partial charge in [-0.2, -0.15) is 0 Å². The van der Waals surface area contributed by atoms with Gasteiger partial charge in [0.25, 0.3) is 5.91 Å². The topological polar surface area (TPSA) is 62.5 Å². The van der Waals surface area contributed by atoms with Crippen molar-refractivity contribution in [3.05, 3.63) is 24.0 Å². The summed E-state index contributed by atoms with van der Waals surface area (Å²) in [5, 5.41) is 8.90. The fourth-order valence-electron chi connectivity index (χ4n) is 1.81. The molecule has 0 radical (unpaired) electrons. The van der Waals surface area contributed by atoms with Gasteiger partial charge in [-0.3, -0.25) is 9.59 Å². The smallest absolute Gasteiger partial charge is 0.308 e. The van der Waals surface area contributed by atoms with Gasteiger partial charge in [0.1, 0.15) is 5.69 Å². The molecule has 1 aromatic rings. The van der Waals surface area contributed by atoms with Crippen molar-refractivity contribution in [2.24, 2.45) is 5.92 Å². The highest BCUT2D eigenvalue weighted by Crippen LogP contribution is 2.09. The molecule has 1 N–H and O–H groups in total. The van der Waals surface area contributed by atoms with Crippen LogP contribution in [0.15, 0.2) is 18.3 Å². The number of carbonyl (C=O) groups is 2. The molecule has 1 amide bonds. The van der Waals surface area contributed by atoms with Gasteiger partial charge in [0.2, 0.25) is 0 Å². The van der Waals surface area contributed by atoms with E-state index in [2.05, 4.69) is 0 Å². The molecule has 0 aliphatic carbocycles. The molecule has 0 aromatic carbocycles. The van der Waals surface area contributed by atoms with Crippen molar-refractivity contribution >= 4 is 11.9 Å². The van der Waals surface area contributed by atoms with E-state index in [0.717, 1.165) is 6.54 Å². The highest BCUT2D eigenvalue weighted by Gasteiger charge is 2.21. The molecule has 0 fully saturated rings. The van der Waals surface area contributed by atoms with Crippen LogP contribution in [-0.4, -0.2) is 39.5 Å². The maximum atomic E-state index is 12.3. The van der Waals surface area contributed by atoms with Crippen LogP contribution in [-0.2, 0) is 11.3 Å². The average molecular weight is 252 g/mol. The predicted octanol–water partition coefficient (Wildman–Crippen LogP) is 1.69. The number of carboxylic acids is 1. The molecule has 0 spiro atoms. The minimum Gasteiger partial charge on any atom is -0.481 e. The SMILES string of the molecule is CCN(CC(C)C(=O)O)C(=O)c1cccn1CC. The number of amides is 1. The summed E-state index contributed by atoms with van der Waals surface area (Å²) >= 11 is 0. The standard InChI is InChI=1S/C13H20N2O3/c1-4-14-8-6-7-11(14)12(16)15(5-2)9-10(3)13(17)18/h6-8,10H,4-5,9H2,1-3H3,(H,17,18). The van der Waals surface area contributed by atoms with Crippen LogP contribution in [0.3, 0.4) is 0 Å². The molecule has 1 heterocycles. The molecule has 1 atom stereocenters. The lowest BCUT2D eigenvalue weighted by Gasteiger charge is -2.23. The molecule has 0 bridgehead atoms. The van der Waals surface area contributed by atoms with Gasteiger partial charge >= 0.3 is 5.97 Å². The monoisotopic (exact) mass is 252 g/mol. The molecule has 1 rings (SSSR count).